The fraction of sp³-hybridized carbons (Fsp3) is 0.650. The van der Waals surface area contributed by atoms with Crippen LogP contribution < -0.4 is 0 Å². The summed E-state index contributed by atoms with van der Waals surface area (Å²) >= 11 is 0. The maximum atomic E-state index is 13.4. The molecule has 0 spiro atoms. The molecule has 0 N–H and O–H groups in total. The summed E-state index contributed by atoms with van der Waals surface area (Å²) in [7, 11) is 1.64. The number of likely N-dealkylation sites (tertiary alicyclic amines) is 1. The van der Waals surface area contributed by atoms with Crippen molar-refractivity contribution in [3.8, 4) is 0 Å². The highest BCUT2D eigenvalue weighted by Gasteiger charge is 2.45. The topological polar surface area (TPSA) is 38.8 Å². The number of alkyl halides is 3. The summed E-state index contributed by atoms with van der Waals surface area (Å²) in [6.45, 7) is 5.79. The number of esters is 1. The van der Waals surface area contributed by atoms with E-state index in [9.17, 15) is 18.0 Å². The van der Waals surface area contributed by atoms with E-state index in [4.69, 9.17) is 9.47 Å². The Morgan fingerprint density at radius 2 is 1.89 bits per heavy atom. The second-order valence-corrected chi connectivity index (χ2v) is 7.17. The third-order valence-electron chi connectivity index (χ3n) is 5.35. The molecule has 0 unspecified atom stereocenters. The summed E-state index contributed by atoms with van der Waals surface area (Å²) in [4.78, 5) is 14.9. The van der Waals surface area contributed by atoms with Crippen LogP contribution >= 0.6 is 0 Å². The van der Waals surface area contributed by atoms with E-state index in [1.165, 1.54) is 12.1 Å². The zero-order valence-electron chi connectivity index (χ0n) is 16.1. The van der Waals surface area contributed by atoms with Crippen LogP contribution in [-0.2, 0) is 26.9 Å². The molecule has 1 aliphatic rings. The monoisotopic (exact) mass is 387 g/mol. The molecule has 1 atom stereocenters. The molecule has 2 rings (SSSR count). The zero-order valence-corrected chi connectivity index (χ0v) is 16.1. The highest BCUT2D eigenvalue weighted by atomic mass is 19.4. The Bertz CT molecular complexity index is 625. The Morgan fingerprint density at radius 3 is 2.44 bits per heavy atom. The first-order valence-electron chi connectivity index (χ1n) is 9.29. The Morgan fingerprint density at radius 1 is 1.26 bits per heavy atom. The maximum Gasteiger partial charge on any atom is 0.416 e. The molecule has 4 nitrogen and oxygen atoms in total. The van der Waals surface area contributed by atoms with Crippen molar-refractivity contribution < 1.29 is 27.4 Å². The predicted molar refractivity (Wildman–Crippen MR) is 96.4 cm³/mol. The van der Waals surface area contributed by atoms with Gasteiger partial charge in [0.2, 0.25) is 0 Å². The molecule has 1 aromatic rings. The van der Waals surface area contributed by atoms with Gasteiger partial charge in [-0.25, -0.2) is 0 Å². The van der Waals surface area contributed by atoms with Gasteiger partial charge in [0, 0.05) is 13.2 Å². The molecule has 1 aliphatic heterocycles. The van der Waals surface area contributed by atoms with Crippen molar-refractivity contribution in [1.82, 2.24) is 4.90 Å². The number of nitrogens with zero attached hydrogens (tertiary/aromatic N) is 1. The van der Waals surface area contributed by atoms with Crippen LogP contribution in [0.5, 0.6) is 0 Å². The van der Waals surface area contributed by atoms with Crippen molar-refractivity contribution in [2.75, 3.05) is 33.4 Å². The Balaban J connectivity index is 2.26. The van der Waals surface area contributed by atoms with Gasteiger partial charge in [-0.2, -0.15) is 13.2 Å². The largest absolute Gasteiger partial charge is 0.466 e. The van der Waals surface area contributed by atoms with Gasteiger partial charge in [0.1, 0.15) is 0 Å². The zero-order chi connectivity index (χ0) is 20.1. The molecule has 27 heavy (non-hydrogen) atoms. The number of piperidine rings is 1. The van der Waals surface area contributed by atoms with E-state index in [1.807, 2.05) is 6.92 Å². The maximum absolute atomic E-state index is 13.4. The van der Waals surface area contributed by atoms with Crippen LogP contribution in [0.3, 0.4) is 0 Å². The Hall–Kier alpha value is -1.60. The van der Waals surface area contributed by atoms with Crippen molar-refractivity contribution in [2.45, 2.75) is 45.3 Å². The third-order valence-corrected chi connectivity index (χ3v) is 5.35. The van der Waals surface area contributed by atoms with Crippen LogP contribution in [0.1, 0.15) is 37.8 Å². The van der Waals surface area contributed by atoms with Crippen LogP contribution in [0.2, 0.25) is 0 Å². The average molecular weight is 387 g/mol. The summed E-state index contributed by atoms with van der Waals surface area (Å²) in [6, 6.07) is 5.68. The van der Waals surface area contributed by atoms with Gasteiger partial charge in [-0.1, -0.05) is 18.2 Å². The number of carbonyl (C=O) groups excluding carboxylic acids is 1. The highest BCUT2D eigenvalue weighted by molar-refractivity contribution is 5.77. The molecule has 0 amide bonds. The minimum atomic E-state index is -4.44. The molecule has 0 radical (unpaired) electrons. The molecule has 0 aromatic heterocycles. The van der Waals surface area contributed by atoms with Crippen molar-refractivity contribution in [1.29, 1.82) is 0 Å². The van der Waals surface area contributed by atoms with Crippen molar-refractivity contribution >= 4 is 5.97 Å². The second-order valence-electron chi connectivity index (χ2n) is 7.17. The van der Waals surface area contributed by atoms with Gasteiger partial charge in [0.25, 0.3) is 0 Å². The summed E-state index contributed by atoms with van der Waals surface area (Å²) in [6.07, 6.45) is -3.48. The fourth-order valence-electron chi connectivity index (χ4n) is 3.79. The van der Waals surface area contributed by atoms with E-state index < -0.39 is 23.1 Å². The van der Waals surface area contributed by atoms with Crippen LogP contribution in [-0.4, -0.2) is 50.3 Å². The molecule has 0 aliphatic carbocycles. The third kappa shape index (κ3) is 5.23. The molecule has 1 heterocycles. The number of rotatable bonds is 7. The molecule has 1 aromatic carbocycles. The van der Waals surface area contributed by atoms with Crippen LogP contribution in [0.4, 0.5) is 13.2 Å². The van der Waals surface area contributed by atoms with E-state index in [2.05, 4.69) is 4.90 Å². The summed E-state index contributed by atoms with van der Waals surface area (Å²) in [5.41, 5.74) is -1.46. The minimum absolute atomic E-state index is 0.0357. The number of carbonyl (C=O) groups is 1. The lowest BCUT2D eigenvalue weighted by molar-refractivity contribution is -0.159. The van der Waals surface area contributed by atoms with E-state index in [-0.39, 0.29) is 24.6 Å². The normalized spacial score (nSPS) is 18.9. The number of methoxy groups -OCH3 is 1. The molecule has 0 saturated carbocycles. The Kier molecular flexibility index (Phi) is 7.28. The second kappa shape index (κ2) is 9.06. The van der Waals surface area contributed by atoms with E-state index in [0.717, 1.165) is 6.07 Å². The molecule has 1 fully saturated rings. The quantitative estimate of drug-likeness (QED) is 0.665. The molecular formula is C20H28F3NO3. The highest BCUT2D eigenvalue weighted by Crippen LogP contribution is 2.40. The van der Waals surface area contributed by atoms with Gasteiger partial charge in [-0.3, -0.25) is 9.69 Å². The number of hydrogen-bond acceptors (Lipinski definition) is 4. The van der Waals surface area contributed by atoms with Gasteiger partial charge in [-0.05, 0) is 57.8 Å². The number of ether oxygens (including phenoxy) is 2. The number of hydrogen-bond donors (Lipinski definition) is 0. The van der Waals surface area contributed by atoms with E-state index in [0.29, 0.717) is 32.5 Å². The first-order chi connectivity index (χ1) is 12.7. The first kappa shape index (κ1) is 21.7. The lowest BCUT2D eigenvalue weighted by Crippen LogP contribution is -2.50. The standard InChI is InChI=1S/C20H28F3NO3/c1-4-27-18(25)19(9-11-24(12-10-19)15(2)14-26-3)13-16-7-5-6-8-17(16)20(21,22)23/h5-8,15H,4,9-14H2,1-3H3/t15-/m1/s1. The fourth-order valence-corrected chi connectivity index (χ4v) is 3.79. The van der Waals surface area contributed by atoms with Crippen molar-refractivity contribution in [3.63, 3.8) is 0 Å². The molecule has 0 bridgehead atoms. The summed E-state index contributed by atoms with van der Waals surface area (Å²) < 4.78 is 50.6. The van der Waals surface area contributed by atoms with Gasteiger partial charge in [0.15, 0.2) is 0 Å². The van der Waals surface area contributed by atoms with Gasteiger partial charge >= 0.3 is 12.1 Å². The number of halogens is 3. The van der Waals surface area contributed by atoms with Crippen molar-refractivity contribution in [3.05, 3.63) is 35.4 Å². The number of benzene rings is 1. The van der Waals surface area contributed by atoms with Crippen LogP contribution in [0.15, 0.2) is 24.3 Å². The summed E-state index contributed by atoms with van der Waals surface area (Å²) in [5.74, 6) is -0.402. The average Bonchev–Trinajstić information content (AvgIpc) is 2.62. The predicted octanol–water partition coefficient (Wildman–Crippen LogP) is 3.93. The van der Waals surface area contributed by atoms with Gasteiger partial charge in [0.05, 0.1) is 24.2 Å². The molecule has 7 heteroatoms. The first-order valence-corrected chi connectivity index (χ1v) is 9.29. The molecule has 1 saturated heterocycles. The van der Waals surface area contributed by atoms with E-state index in [1.54, 1.807) is 20.1 Å². The lowest BCUT2D eigenvalue weighted by atomic mass is 9.72. The Labute approximate surface area is 158 Å². The summed E-state index contributed by atoms with van der Waals surface area (Å²) in [5, 5.41) is 0. The van der Waals surface area contributed by atoms with Crippen molar-refractivity contribution in [2.24, 2.45) is 5.41 Å². The van der Waals surface area contributed by atoms with Crippen LogP contribution in [0.25, 0.3) is 0 Å². The molecule has 152 valence electrons. The minimum Gasteiger partial charge on any atom is -0.466 e. The smallest absolute Gasteiger partial charge is 0.416 e. The SMILES string of the molecule is CCOC(=O)C1(Cc2ccccc2C(F)(F)F)CCN([C@H](C)COC)CC1. The lowest BCUT2D eigenvalue weighted by Gasteiger charge is -2.42. The molecular weight excluding hydrogens is 359 g/mol. The van der Waals surface area contributed by atoms with Crippen LogP contribution in [0, 0.1) is 5.41 Å². The van der Waals surface area contributed by atoms with Gasteiger partial charge in [-0.15, -0.1) is 0 Å². The van der Waals surface area contributed by atoms with E-state index >= 15 is 0 Å². The van der Waals surface area contributed by atoms with Gasteiger partial charge < -0.3 is 9.47 Å².